The molecule has 1 aliphatic heterocycles. The third-order valence-corrected chi connectivity index (χ3v) is 4.06. The summed E-state index contributed by atoms with van der Waals surface area (Å²) in [5.74, 6) is 0. The van der Waals surface area contributed by atoms with E-state index in [0.717, 1.165) is 19.5 Å². The second-order valence-electron chi connectivity index (χ2n) is 3.41. The summed E-state index contributed by atoms with van der Waals surface area (Å²) >= 11 is 0. The summed E-state index contributed by atoms with van der Waals surface area (Å²) in [5.41, 5.74) is 0. The molecule has 0 saturated carbocycles. The van der Waals surface area contributed by atoms with Crippen LogP contribution in [0, 0.1) is 0 Å². The molecule has 5 nitrogen and oxygen atoms in total. The largest absolute Gasteiger partial charge is 0.313 e. The predicted octanol–water partition coefficient (Wildman–Crippen LogP) is -0.475. The lowest BCUT2D eigenvalue weighted by Crippen LogP contribution is -2.60. The van der Waals surface area contributed by atoms with Crippen LogP contribution in [0.15, 0.2) is 0 Å². The molecule has 0 radical (unpaired) electrons. The Morgan fingerprint density at radius 3 is 2.43 bits per heavy atom. The zero-order chi connectivity index (χ0) is 10.6. The lowest BCUT2D eigenvalue weighted by molar-refractivity contribution is 0.247. The Bertz CT molecular complexity index is 262. The third-order valence-electron chi connectivity index (χ3n) is 2.32. The van der Waals surface area contributed by atoms with E-state index in [1.54, 1.807) is 0 Å². The molecule has 6 heteroatoms. The van der Waals surface area contributed by atoms with E-state index in [4.69, 9.17) is 0 Å². The molecule has 0 aromatic carbocycles. The van der Waals surface area contributed by atoms with Crippen molar-refractivity contribution in [2.24, 2.45) is 0 Å². The van der Waals surface area contributed by atoms with Crippen molar-refractivity contribution in [2.75, 3.05) is 26.2 Å². The maximum atomic E-state index is 11.7. The van der Waals surface area contributed by atoms with Crippen LogP contribution in [-0.2, 0) is 10.2 Å². The molecule has 0 bridgehead atoms. The Hall–Kier alpha value is -0.170. The van der Waals surface area contributed by atoms with Crippen LogP contribution >= 0.6 is 0 Å². The van der Waals surface area contributed by atoms with Gasteiger partial charge in [-0.05, 0) is 6.42 Å². The van der Waals surface area contributed by atoms with Gasteiger partial charge >= 0.3 is 0 Å². The molecule has 1 heterocycles. The van der Waals surface area contributed by atoms with Gasteiger partial charge in [-0.25, -0.2) is 4.72 Å². The Morgan fingerprint density at radius 2 is 2.07 bits per heavy atom. The van der Waals surface area contributed by atoms with Gasteiger partial charge in [-0.1, -0.05) is 13.8 Å². The quantitative estimate of drug-likeness (QED) is 0.637. The Morgan fingerprint density at radius 1 is 1.43 bits per heavy atom. The Balaban J connectivity index is 2.57. The Labute approximate surface area is 86.0 Å². The highest BCUT2D eigenvalue weighted by Gasteiger charge is 2.31. The predicted molar refractivity (Wildman–Crippen MR) is 56.3 cm³/mol. The molecule has 0 spiro atoms. The minimum Gasteiger partial charge on any atom is -0.313 e. The van der Waals surface area contributed by atoms with Gasteiger partial charge < -0.3 is 5.32 Å². The molecule has 0 aromatic rings. The van der Waals surface area contributed by atoms with Crippen molar-refractivity contribution in [1.29, 1.82) is 0 Å². The molecule has 1 aliphatic rings. The molecule has 0 unspecified atom stereocenters. The van der Waals surface area contributed by atoms with Gasteiger partial charge in [-0.2, -0.15) is 12.7 Å². The van der Waals surface area contributed by atoms with E-state index in [9.17, 15) is 8.42 Å². The highest BCUT2D eigenvalue weighted by Crippen LogP contribution is 2.08. The standard InChI is InChI=1S/C8H19N3O2S/c1-3-5-10-14(12,13)11(4-2)8-6-9-7-8/h8-10H,3-7H2,1-2H3. The second-order valence-corrected chi connectivity index (χ2v) is 5.12. The first-order valence-electron chi connectivity index (χ1n) is 5.09. The second kappa shape index (κ2) is 5.06. The minimum atomic E-state index is -3.25. The molecule has 1 fully saturated rings. The summed E-state index contributed by atoms with van der Waals surface area (Å²) in [4.78, 5) is 0. The summed E-state index contributed by atoms with van der Waals surface area (Å²) in [5, 5.41) is 3.07. The first kappa shape index (κ1) is 11.9. The van der Waals surface area contributed by atoms with Crippen molar-refractivity contribution in [3.05, 3.63) is 0 Å². The van der Waals surface area contributed by atoms with Crippen molar-refractivity contribution in [1.82, 2.24) is 14.3 Å². The number of rotatable bonds is 6. The maximum Gasteiger partial charge on any atom is 0.279 e. The van der Waals surface area contributed by atoms with Crippen LogP contribution in [0.3, 0.4) is 0 Å². The summed E-state index contributed by atoms with van der Waals surface area (Å²) in [6.45, 7) is 6.39. The molecule has 1 rings (SSSR count). The molecule has 84 valence electrons. The topological polar surface area (TPSA) is 61.4 Å². The normalized spacial score (nSPS) is 18.5. The van der Waals surface area contributed by atoms with Crippen LogP contribution in [0.2, 0.25) is 0 Å². The number of nitrogens with one attached hydrogen (secondary N) is 2. The van der Waals surface area contributed by atoms with Crippen LogP contribution in [0.4, 0.5) is 0 Å². The van der Waals surface area contributed by atoms with Gasteiger partial charge in [0, 0.05) is 26.2 Å². The van der Waals surface area contributed by atoms with E-state index >= 15 is 0 Å². The third kappa shape index (κ3) is 2.66. The van der Waals surface area contributed by atoms with Gasteiger partial charge in [-0.3, -0.25) is 0 Å². The number of hydrogen-bond donors (Lipinski definition) is 2. The van der Waals surface area contributed by atoms with E-state index in [0.29, 0.717) is 13.1 Å². The van der Waals surface area contributed by atoms with E-state index < -0.39 is 10.2 Å². The van der Waals surface area contributed by atoms with Gasteiger partial charge in [0.1, 0.15) is 0 Å². The molecule has 0 atom stereocenters. The lowest BCUT2D eigenvalue weighted by atomic mass is 10.2. The summed E-state index contributed by atoms with van der Waals surface area (Å²) < 4.78 is 27.6. The fraction of sp³-hybridized carbons (Fsp3) is 1.00. The van der Waals surface area contributed by atoms with Crippen molar-refractivity contribution < 1.29 is 8.42 Å². The van der Waals surface area contributed by atoms with Crippen LogP contribution in [0.5, 0.6) is 0 Å². The highest BCUT2D eigenvalue weighted by atomic mass is 32.2. The van der Waals surface area contributed by atoms with Crippen molar-refractivity contribution >= 4 is 10.2 Å². The van der Waals surface area contributed by atoms with Crippen LogP contribution in [0.1, 0.15) is 20.3 Å². The van der Waals surface area contributed by atoms with Crippen molar-refractivity contribution in [2.45, 2.75) is 26.3 Å². The van der Waals surface area contributed by atoms with Crippen LogP contribution in [-0.4, -0.2) is 44.9 Å². The molecule has 0 aromatic heterocycles. The summed E-state index contributed by atoms with van der Waals surface area (Å²) in [7, 11) is -3.25. The maximum absolute atomic E-state index is 11.7. The monoisotopic (exact) mass is 221 g/mol. The summed E-state index contributed by atoms with van der Waals surface area (Å²) in [6.07, 6.45) is 0.819. The molecule has 1 saturated heterocycles. The van der Waals surface area contributed by atoms with Gasteiger partial charge in [0.25, 0.3) is 10.2 Å². The molecule has 2 N–H and O–H groups in total. The minimum absolute atomic E-state index is 0.134. The lowest BCUT2D eigenvalue weighted by Gasteiger charge is -2.36. The molecule has 14 heavy (non-hydrogen) atoms. The average molecular weight is 221 g/mol. The fourth-order valence-corrected chi connectivity index (χ4v) is 2.92. The fourth-order valence-electron chi connectivity index (χ4n) is 1.42. The van der Waals surface area contributed by atoms with Gasteiger partial charge in [0.2, 0.25) is 0 Å². The van der Waals surface area contributed by atoms with Crippen LogP contribution < -0.4 is 10.0 Å². The van der Waals surface area contributed by atoms with Crippen molar-refractivity contribution in [3.63, 3.8) is 0 Å². The molecular weight excluding hydrogens is 202 g/mol. The first-order valence-corrected chi connectivity index (χ1v) is 6.53. The zero-order valence-electron chi connectivity index (χ0n) is 8.78. The van der Waals surface area contributed by atoms with Crippen molar-refractivity contribution in [3.8, 4) is 0 Å². The first-order chi connectivity index (χ1) is 6.61. The number of likely N-dealkylation sites (N-methyl/N-ethyl adjacent to an activating group) is 1. The molecule has 0 amide bonds. The van der Waals surface area contributed by atoms with E-state index in [1.165, 1.54) is 4.31 Å². The summed E-state index contributed by atoms with van der Waals surface area (Å²) in [6, 6.07) is 0.134. The highest BCUT2D eigenvalue weighted by molar-refractivity contribution is 7.87. The van der Waals surface area contributed by atoms with Gasteiger partial charge in [-0.15, -0.1) is 0 Å². The van der Waals surface area contributed by atoms with Gasteiger partial charge in [0.05, 0.1) is 6.04 Å². The number of hydrogen-bond acceptors (Lipinski definition) is 3. The molecular formula is C8H19N3O2S. The zero-order valence-corrected chi connectivity index (χ0v) is 9.60. The Kier molecular flexibility index (Phi) is 4.31. The van der Waals surface area contributed by atoms with Crippen LogP contribution in [0.25, 0.3) is 0 Å². The average Bonchev–Trinajstić information content (AvgIpc) is 2.07. The van der Waals surface area contributed by atoms with E-state index in [-0.39, 0.29) is 6.04 Å². The van der Waals surface area contributed by atoms with E-state index in [2.05, 4.69) is 10.0 Å². The van der Waals surface area contributed by atoms with E-state index in [1.807, 2.05) is 13.8 Å². The molecule has 0 aliphatic carbocycles. The smallest absolute Gasteiger partial charge is 0.279 e. The van der Waals surface area contributed by atoms with Gasteiger partial charge in [0.15, 0.2) is 0 Å². The SMILES string of the molecule is CCCNS(=O)(=O)N(CC)C1CNC1. The number of nitrogens with zero attached hydrogens (tertiary/aromatic N) is 1.